The Morgan fingerprint density at radius 2 is 1.93 bits per heavy atom. The largest absolute Gasteiger partial charge is 0.316 e. The van der Waals surface area contributed by atoms with E-state index in [9.17, 15) is 4.79 Å². The second-order valence-corrected chi connectivity index (χ2v) is 8.74. The fraction of sp³-hybridized carbons (Fsp3) is 0.182. The summed E-state index contributed by atoms with van der Waals surface area (Å²) in [6, 6.07) is 17.7. The minimum Gasteiger partial charge on any atom is -0.316 e. The average molecular weight is 491 g/mol. The Morgan fingerprint density at radius 3 is 2.69 bits per heavy atom. The van der Waals surface area contributed by atoms with Crippen LogP contribution in [-0.2, 0) is 10.5 Å². The Morgan fingerprint density at radius 1 is 1.21 bits per heavy atom. The summed E-state index contributed by atoms with van der Waals surface area (Å²) in [5.41, 5.74) is 7.69. The molecule has 7 heteroatoms. The normalized spacial score (nSPS) is 11.2. The number of benzene rings is 2. The van der Waals surface area contributed by atoms with E-state index in [0.29, 0.717) is 10.8 Å². The highest BCUT2D eigenvalue weighted by molar-refractivity contribution is 9.10. The van der Waals surface area contributed by atoms with Gasteiger partial charge in [0.05, 0.1) is 22.7 Å². The molecule has 3 rings (SSSR count). The topological polar surface area (TPSA) is 46.4 Å². The van der Waals surface area contributed by atoms with Gasteiger partial charge in [-0.2, -0.15) is 5.10 Å². The van der Waals surface area contributed by atoms with Crippen LogP contribution >= 0.6 is 39.3 Å². The molecule has 150 valence electrons. The molecule has 29 heavy (non-hydrogen) atoms. The number of halogens is 2. The first-order valence-corrected chi connectivity index (χ1v) is 11.4. The zero-order chi connectivity index (χ0) is 20.8. The molecule has 0 saturated heterocycles. The van der Waals surface area contributed by atoms with Gasteiger partial charge in [0.1, 0.15) is 0 Å². The zero-order valence-corrected chi connectivity index (χ0v) is 19.3. The molecule has 0 bridgehead atoms. The van der Waals surface area contributed by atoms with Gasteiger partial charge in [-0.15, -0.1) is 11.8 Å². The lowest BCUT2D eigenvalue weighted by molar-refractivity contribution is -0.118. The summed E-state index contributed by atoms with van der Waals surface area (Å²) < 4.78 is 3.14. The highest BCUT2D eigenvalue weighted by atomic mass is 79.9. The second kappa shape index (κ2) is 10.1. The number of para-hydroxylation sites is 1. The third-order valence-corrected chi connectivity index (χ3v) is 6.48. The lowest BCUT2D eigenvalue weighted by atomic mass is 10.2. The SMILES string of the molecule is Cc1cc(/C=N\NC(=O)CSCc2ccccc2Br)c(C)n1-c1ccccc1Cl. The monoisotopic (exact) mass is 489 g/mol. The quantitative estimate of drug-likeness (QED) is 0.331. The highest BCUT2D eigenvalue weighted by Gasteiger charge is 2.11. The van der Waals surface area contributed by atoms with Gasteiger partial charge in [0.25, 0.3) is 0 Å². The highest BCUT2D eigenvalue weighted by Crippen LogP contribution is 2.25. The van der Waals surface area contributed by atoms with Crippen molar-refractivity contribution in [2.75, 3.05) is 5.75 Å². The van der Waals surface area contributed by atoms with Crippen LogP contribution in [0.4, 0.5) is 0 Å². The van der Waals surface area contributed by atoms with Crippen LogP contribution in [-0.4, -0.2) is 22.4 Å². The molecular weight excluding hydrogens is 470 g/mol. The second-order valence-electron chi connectivity index (χ2n) is 6.49. The predicted molar refractivity (Wildman–Crippen MR) is 126 cm³/mol. The van der Waals surface area contributed by atoms with E-state index in [1.807, 2.05) is 68.4 Å². The van der Waals surface area contributed by atoms with E-state index in [1.165, 1.54) is 5.56 Å². The number of nitrogens with zero attached hydrogens (tertiary/aromatic N) is 2. The van der Waals surface area contributed by atoms with Gasteiger partial charge < -0.3 is 4.57 Å². The van der Waals surface area contributed by atoms with Gasteiger partial charge in [-0.25, -0.2) is 5.43 Å². The summed E-state index contributed by atoms with van der Waals surface area (Å²) in [7, 11) is 0. The molecule has 0 radical (unpaired) electrons. The van der Waals surface area contributed by atoms with Crippen molar-refractivity contribution in [2.45, 2.75) is 19.6 Å². The molecule has 1 aromatic heterocycles. The van der Waals surface area contributed by atoms with Crippen LogP contribution in [0, 0.1) is 13.8 Å². The van der Waals surface area contributed by atoms with E-state index >= 15 is 0 Å². The maximum atomic E-state index is 12.1. The molecule has 0 atom stereocenters. The molecule has 2 aromatic carbocycles. The van der Waals surface area contributed by atoms with Crippen molar-refractivity contribution >= 4 is 51.4 Å². The number of hydrazone groups is 1. The molecule has 4 nitrogen and oxygen atoms in total. The number of hydrogen-bond acceptors (Lipinski definition) is 3. The smallest absolute Gasteiger partial charge is 0.250 e. The number of aromatic nitrogens is 1. The summed E-state index contributed by atoms with van der Waals surface area (Å²) in [5, 5.41) is 4.81. The molecule has 0 fully saturated rings. The van der Waals surface area contributed by atoms with Crippen molar-refractivity contribution in [1.29, 1.82) is 0 Å². The Labute approximate surface area is 188 Å². The minimum absolute atomic E-state index is 0.127. The molecule has 3 aromatic rings. The van der Waals surface area contributed by atoms with Gasteiger partial charge in [0.15, 0.2) is 0 Å². The summed E-state index contributed by atoms with van der Waals surface area (Å²) in [5.74, 6) is 0.979. The van der Waals surface area contributed by atoms with Crippen LogP contribution in [0.15, 0.2) is 64.2 Å². The summed E-state index contributed by atoms with van der Waals surface area (Å²) in [6.07, 6.45) is 1.67. The number of rotatable bonds is 7. The van der Waals surface area contributed by atoms with Gasteiger partial charge >= 0.3 is 0 Å². The van der Waals surface area contributed by atoms with Crippen LogP contribution in [0.2, 0.25) is 5.02 Å². The van der Waals surface area contributed by atoms with Crippen molar-refractivity contribution in [1.82, 2.24) is 9.99 Å². The number of hydrogen-bond donors (Lipinski definition) is 1. The molecule has 0 spiro atoms. The maximum absolute atomic E-state index is 12.1. The standard InChI is InChI=1S/C22H21BrClN3OS/c1-15-11-18(16(2)27(15)21-10-6-5-9-20(21)24)12-25-26-22(28)14-29-13-17-7-3-4-8-19(17)23/h3-12H,13-14H2,1-2H3,(H,26,28)/b25-12-. The molecule has 0 saturated carbocycles. The fourth-order valence-corrected chi connectivity index (χ4v) is 4.65. The number of amides is 1. The molecule has 0 aliphatic heterocycles. The maximum Gasteiger partial charge on any atom is 0.250 e. The third-order valence-electron chi connectivity index (χ3n) is 4.41. The molecular formula is C22H21BrClN3OS. The van der Waals surface area contributed by atoms with Crippen molar-refractivity contribution < 1.29 is 4.79 Å². The minimum atomic E-state index is -0.127. The van der Waals surface area contributed by atoms with Crippen molar-refractivity contribution in [3.8, 4) is 5.69 Å². The molecule has 1 heterocycles. The Kier molecular flexibility index (Phi) is 7.58. The first kappa shape index (κ1) is 21.7. The summed E-state index contributed by atoms with van der Waals surface area (Å²) in [4.78, 5) is 12.1. The van der Waals surface area contributed by atoms with Crippen LogP contribution in [0.1, 0.15) is 22.5 Å². The van der Waals surface area contributed by atoms with E-state index in [4.69, 9.17) is 11.6 Å². The Hall–Kier alpha value is -2.02. The molecule has 0 aliphatic rings. The number of carbonyl (C=O) groups excluding carboxylic acids is 1. The number of carbonyl (C=O) groups is 1. The zero-order valence-electron chi connectivity index (χ0n) is 16.2. The molecule has 1 amide bonds. The molecule has 1 N–H and O–H groups in total. The first-order chi connectivity index (χ1) is 14.0. The van der Waals surface area contributed by atoms with Gasteiger partial charge in [-0.3, -0.25) is 4.79 Å². The van der Waals surface area contributed by atoms with Gasteiger partial charge in [0.2, 0.25) is 5.91 Å². The predicted octanol–water partition coefficient (Wildman–Crippen LogP) is 5.89. The van der Waals surface area contributed by atoms with Crippen molar-refractivity contribution in [2.24, 2.45) is 5.10 Å². The summed E-state index contributed by atoms with van der Waals surface area (Å²) >= 11 is 11.4. The Balaban J connectivity index is 1.58. The van der Waals surface area contributed by atoms with Gasteiger partial charge in [-0.05, 0) is 43.7 Å². The van der Waals surface area contributed by atoms with E-state index < -0.39 is 0 Å². The van der Waals surface area contributed by atoms with Crippen molar-refractivity contribution in [3.05, 3.63) is 86.6 Å². The van der Waals surface area contributed by atoms with Crippen LogP contribution in [0.5, 0.6) is 0 Å². The number of nitrogens with one attached hydrogen (secondary N) is 1. The van der Waals surface area contributed by atoms with Crippen LogP contribution < -0.4 is 5.43 Å². The fourth-order valence-electron chi connectivity index (χ4n) is 3.00. The van der Waals surface area contributed by atoms with Crippen LogP contribution in [0.3, 0.4) is 0 Å². The Bertz CT molecular complexity index is 1050. The van der Waals surface area contributed by atoms with Gasteiger partial charge in [0, 0.05) is 27.2 Å². The van der Waals surface area contributed by atoms with E-state index in [0.717, 1.165) is 32.9 Å². The number of aryl methyl sites for hydroxylation is 1. The van der Waals surface area contributed by atoms with E-state index in [2.05, 4.69) is 31.0 Å². The average Bonchev–Trinajstić information content (AvgIpc) is 2.97. The van der Waals surface area contributed by atoms with Gasteiger partial charge in [-0.1, -0.05) is 57.9 Å². The van der Waals surface area contributed by atoms with E-state index in [1.54, 1.807) is 18.0 Å². The first-order valence-electron chi connectivity index (χ1n) is 9.04. The van der Waals surface area contributed by atoms with Crippen molar-refractivity contribution in [3.63, 3.8) is 0 Å². The third kappa shape index (κ3) is 5.53. The number of thioether (sulfide) groups is 1. The van der Waals surface area contributed by atoms with E-state index in [-0.39, 0.29) is 5.91 Å². The lowest BCUT2D eigenvalue weighted by Crippen LogP contribution is -2.19. The van der Waals surface area contributed by atoms with Crippen LogP contribution in [0.25, 0.3) is 5.69 Å². The molecule has 0 unspecified atom stereocenters. The molecule has 0 aliphatic carbocycles. The summed E-state index contributed by atoms with van der Waals surface area (Å²) in [6.45, 7) is 4.03. The lowest BCUT2D eigenvalue weighted by Gasteiger charge is -2.11.